The third kappa shape index (κ3) is 5.37. The van der Waals surface area contributed by atoms with Crippen molar-refractivity contribution in [3.05, 3.63) is 65.2 Å². The molecule has 0 aliphatic carbocycles. The summed E-state index contributed by atoms with van der Waals surface area (Å²) in [5.74, 6) is -0.815. The van der Waals surface area contributed by atoms with E-state index < -0.39 is 17.7 Å². The van der Waals surface area contributed by atoms with Crippen LogP contribution in [0.4, 0.5) is 0 Å². The van der Waals surface area contributed by atoms with Gasteiger partial charge in [0.05, 0.1) is 18.2 Å². The van der Waals surface area contributed by atoms with Crippen LogP contribution < -0.4 is 4.74 Å². The Kier molecular flexibility index (Phi) is 8.11. The first-order valence-electron chi connectivity index (χ1n) is 11.4. The van der Waals surface area contributed by atoms with Crippen LogP contribution in [0.2, 0.25) is 0 Å². The number of benzene rings is 2. The lowest BCUT2D eigenvalue weighted by atomic mass is 9.95. The van der Waals surface area contributed by atoms with E-state index in [0.29, 0.717) is 36.6 Å². The molecule has 33 heavy (non-hydrogen) atoms. The number of aromatic hydroxyl groups is 1. The zero-order valence-corrected chi connectivity index (χ0v) is 19.5. The summed E-state index contributed by atoms with van der Waals surface area (Å²) in [5, 5.41) is 20.9. The molecular weight excluding hydrogens is 420 g/mol. The quantitative estimate of drug-likeness (QED) is 0.322. The second-order valence-electron chi connectivity index (χ2n) is 7.98. The summed E-state index contributed by atoms with van der Waals surface area (Å²) >= 11 is 0. The van der Waals surface area contributed by atoms with Crippen LogP contribution >= 0.6 is 0 Å². The van der Waals surface area contributed by atoms with E-state index >= 15 is 0 Å². The Bertz CT molecular complexity index is 994. The number of ketones is 1. The number of phenolic OH excluding ortho intramolecular Hbond substituents is 1. The molecule has 1 aliphatic heterocycles. The van der Waals surface area contributed by atoms with Gasteiger partial charge in [0.25, 0.3) is 11.7 Å². The number of hydrogen-bond acceptors (Lipinski definition) is 6. The fourth-order valence-corrected chi connectivity index (χ4v) is 3.99. The SMILES string of the molecule is CCCOc1ccc(/C(O)=C2\C(=O)C(=O)N(CCN(CC)CC)[C@@H]2c2ccc(O)cc2)cc1. The molecule has 0 saturated carbocycles. The maximum Gasteiger partial charge on any atom is 0.295 e. The van der Waals surface area contributed by atoms with E-state index in [2.05, 4.69) is 4.90 Å². The van der Waals surface area contributed by atoms with Crippen LogP contribution in [0.5, 0.6) is 11.5 Å². The number of carbonyl (C=O) groups excluding carboxylic acids is 2. The van der Waals surface area contributed by atoms with E-state index in [1.165, 1.54) is 17.0 Å². The minimum Gasteiger partial charge on any atom is -0.508 e. The van der Waals surface area contributed by atoms with Gasteiger partial charge in [0.2, 0.25) is 0 Å². The Balaban J connectivity index is 2.02. The molecule has 0 unspecified atom stereocenters. The van der Waals surface area contributed by atoms with Crippen molar-refractivity contribution in [1.29, 1.82) is 0 Å². The number of amides is 1. The summed E-state index contributed by atoms with van der Waals surface area (Å²) in [6.07, 6.45) is 0.880. The van der Waals surface area contributed by atoms with Crippen molar-refractivity contribution >= 4 is 17.4 Å². The topological polar surface area (TPSA) is 90.3 Å². The van der Waals surface area contributed by atoms with E-state index in [1.54, 1.807) is 36.4 Å². The zero-order valence-electron chi connectivity index (χ0n) is 19.5. The summed E-state index contributed by atoms with van der Waals surface area (Å²) in [7, 11) is 0. The zero-order chi connectivity index (χ0) is 24.0. The first-order valence-corrected chi connectivity index (χ1v) is 11.4. The predicted molar refractivity (Wildman–Crippen MR) is 127 cm³/mol. The molecule has 1 atom stereocenters. The number of likely N-dealkylation sites (tertiary alicyclic amines) is 1. The lowest BCUT2D eigenvalue weighted by molar-refractivity contribution is -0.140. The van der Waals surface area contributed by atoms with Gasteiger partial charge < -0.3 is 24.7 Å². The Hall–Kier alpha value is -3.32. The molecule has 7 nitrogen and oxygen atoms in total. The third-order valence-corrected chi connectivity index (χ3v) is 5.90. The Morgan fingerprint density at radius 3 is 2.21 bits per heavy atom. The second kappa shape index (κ2) is 11.0. The van der Waals surface area contributed by atoms with Crippen LogP contribution in [-0.2, 0) is 9.59 Å². The van der Waals surface area contributed by atoms with Gasteiger partial charge in [-0.25, -0.2) is 0 Å². The number of Topliss-reactive ketones (excluding diaryl/α,β-unsaturated/α-hetero) is 1. The number of rotatable bonds is 10. The van der Waals surface area contributed by atoms with Crippen molar-refractivity contribution in [2.24, 2.45) is 0 Å². The predicted octanol–water partition coefficient (Wildman–Crippen LogP) is 3.94. The molecule has 0 bridgehead atoms. The first-order chi connectivity index (χ1) is 15.9. The lowest BCUT2D eigenvalue weighted by Gasteiger charge is -2.28. The van der Waals surface area contributed by atoms with Crippen LogP contribution in [0.1, 0.15) is 44.4 Å². The van der Waals surface area contributed by atoms with Gasteiger partial charge in [-0.2, -0.15) is 0 Å². The van der Waals surface area contributed by atoms with Crippen molar-refractivity contribution in [3.63, 3.8) is 0 Å². The lowest BCUT2D eigenvalue weighted by Crippen LogP contribution is -2.38. The van der Waals surface area contributed by atoms with Crippen molar-refractivity contribution in [2.75, 3.05) is 32.8 Å². The number of hydrogen-bond donors (Lipinski definition) is 2. The van der Waals surface area contributed by atoms with Crippen molar-refractivity contribution in [3.8, 4) is 11.5 Å². The molecule has 1 saturated heterocycles. The molecule has 0 spiro atoms. The smallest absolute Gasteiger partial charge is 0.295 e. The Morgan fingerprint density at radius 1 is 1.00 bits per heavy atom. The Morgan fingerprint density at radius 2 is 1.64 bits per heavy atom. The molecule has 176 valence electrons. The average Bonchev–Trinajstić information content (AvgIpc) is 3.08. The van der Waals surface area contributed by atoms with Crippen molar-refractivity contribution in [2.45, 2.75) is 33.2 Å². The van der Waals surface area contributed by atoms with Crippen molar-refractivity contribution in [1.82, 2.24) is 9.80 Å². The van der Waals surface area contributed by atoms with Crippen LogP contribution in [0.15, 0.2) is 54.1 Å². The van der Waals surface area contributed by atoms with Gasteiger partial charge in [-0.1, -0.05) is 32.9 Å². The van der Waals surface area contributed by atoms with Gasteiger partial charge in [0, 0.05) is 18.7 Å². The fraction of sp³-hybridized carbons (Fsp3) is 0.385. The number of aliphatic hydroxyl groups is 1. The summed E-state index contributed by atoms with van der Waals surface area (Å²) in [5.41, 5.74) is 1.13. The molecule has 2 aromatic rings. The highest BCUT2D eigenvalue weighted by molar-refractivity contribution is 6.46. The van der Waals surface area contributed by atoms with Gasteiger partial charge >= 0.3 is 0 Å². The normalized spacial score (nSPS) is 17.7. The van der Waals surface area contributed by atoms with Crippen LogP contribution in [0, 0.1) is 0 Å². The number of aliphatic hydroxyl groups excluding tert-OH is 1. The average molecular weight is 453 g/mol. The highest BCUT2D eigenvalue weighted by Crippen LogP contribution is 2.39. The number of carbonyl (C=O) groups is 2. The second-order valence-corrected chi connectivity index (χ2v) is 7.98. The van der Waals surface area contributed by atoms with E-state index in [1.807, 2.05) is 20.8 Å². The number of likely N-dealkylation sites (N-methyl/N-ethyl adjacent to an activating group) is 1. The van der Waals surface area contributed by atoms with Crippen LogP contribution in [-0.4, -0.2) is 64.5 Å². The maximum atomic E-state index is 13.1. The van der Waals surface area contributed by atoms with E-state index in [4.69, 9.17) is 4.74 Å². The molecule has 2 N–H and O–H groups in total. The van der Waals surface area contributed by atoms with Crippen molar-refractivity contribution < 1.29 is 24.5 Å². The van der Waals surface area contributed by atoms with E-state index in [9.17, 15) is 19.8 Å². The van der Waals surface area contributed by atoms with Gasteiger partial charge in [-0.05, 0) is 61.5 Å². The molecule has 0 aromatic heterocycles. The standard InChI is InChI=1S/C26H32N2O5/c1-4-17-33-21-13-9-19(10-14-21)24(30)22-23(18-7-11-20(29)12-8-18)28(26(32)25(22)31)16-15-27(5-2)6-3/h7-14,23,29-30H,4-6,15-17H2,1-3H3/b24-22+/t23-/m1/s1. The molecule has 0 radical (unpaired) electrons. The molecule has 1 amide bonds. The Labute approximate surface area is 194 Å². The van der Waals surface area contributed by atoms with E-state index in [0.717, 1.165) is 19.5 Å². The van der Waals surface area contributed by atoms with Crippen LogP contribution in [0.25, 0.3) is 5.76 Å². The third-order valence-electron chi connectivity index (χ3n) is 5.90. The molecular formula is C26H32N2O5. The molecule has 2 aromatic carbocycles. The molecule has 1 heterocycles. The molecule has 1 aliphatic rings. The summed E-state index contributed by atoms with van der Waals surface area (Å²) in [4.78, 5) is 29.8. The number of phenols is 1. The number of ether oxygens (including phenoxy) is 1. The monoisotopic (exact) mass is 452 g/mol. The van der Waals surface area contributed by atoms with Gasteiger partial charge in [-0.3, -0.25) is 9.59 Å². The molecule has 1 fully saturated rings. The van der Waals surface area contributed by atoms with Crippen LogP contribution in [0.3, 0.4) is 0 Å². The molecule has 3 rings (SSSR count). The number of nitrogens with zero attached hydrogens (tertiary/aromatic N) is 2. The minimum atomic E-state index is -0.739. The summed E-state index contributed by atoms with van der Waals surface area (Å²) in [6.45, 7) is 9.31. The van der Waals surface area contributed by atoms with Gasteiger partial charge in [-0.15, -0.1) is 0 Å². The first kappa shape index (κ1) is 24.3. The fourth-order valence-electron chi connectivity index (χ4n) is 3.99. The summed E-state index contributed by atoms with van der Waals surface area (Å²) < 4.78 is 5.59. The maximum absolute atomic E-state index is 13.1. The summed E-state index contributed by atoms with van der Waals surface area (Å²) in [6, 6.07) is 12.5. The molecule has 7 heteroatoms. The van der Waals surface area contributed by atoms with Gasteiger partial charge in [0.15, 0.2) is 0 Å². The highest BCUT2D eigenvalue weighted by atomic mass is 16.5. The minimum absolute atomic E-state index is 0.0486. The van der Waals surface area contributed by atoms with Gasteiger partial charge in [0.1, 0.15) is 17.3 Å². The van der Waals surface area contributed by atoms with E-state index in [-0.39, 0.29) is 17.1 Å². The largest absolute Gasteiger partial charge is 0.508 e. The highest BCUT2D eigenvalue weighted by Gasteiger charge is 2.45.